The predicted octanol–water partition coefficient (Wildman–Crippen LogP) is 3.55. The van der Waals surface area contributed by atoms with Gasteiger partial charge in [-0.25, -0.2) is 0 Å². The van der Waals surface area contributed by atoms with Crippen LogP contribution in [-0.2, 0) is 6.54 Å². The molecule has 2 aromatic carbocycles. The topological polar surface area (TPSA) is 93.2 Å². The van der Waals surface area contributed by atoms with Gasteiger partial charge in [0.25, 0.3) is 5.91 Å². The van der Waals surface area contributed by atoms with Crippen LogP contribution < -0.4 is 15.4 Å². The number of nitrogens with one attached hydrogen (secondary N) is 2. The second-order valence-electron chi connectivity index (χ2n) is 6.09. The molecule has 7 nitrogen and oxygen atoms in total. The monoisotopic (exact) mass is 376 g/mol. The van der Waals surface area contributed by atoms with E-state index in [0.717, 1.165) is 11.3 Å². The van der Waals surface area contributed by atoms with Gasteiger partial charge in [-0.3, -0.25) is 9.59 Å². The van der Waals surface area contributed by atoms with E-state index in [9.17, 15) is 9.59 Å². The zero-order chi connectivity index (χ0) is 19.9. The molecule has 1 heterocycles. The molecule has 3 rings (SSSR count). The van der Waals surface area contributed by atoms with Gasteiger partial charge >= 0.3 is 0 Å². The molecule has 0 radical (unpaired) electrons. The molecular weight excluding hydrogens is 356 g/mol. The second-order valence-corrected chi connectivity index (χ2v) is 6.09. The average Bonchev–Trinajstić information content (AvgIpc) is 2.73. The maximum Gasteiger partial charge on any atom is 0.276 e. The summed E-state index contributed by atoms with van der Waals surface area (Å²) in [5, 5.41) is 13.9. The summed E-state index contributed by atoms with van der Waals surface area (Å²) < 4.78 is 5.13. The van der Waals surface area contributed by atoms with Gasteiger partial charge in [-0.1, -0.05) is 12.1 Å². The zero-order valence-corrected chi connectivity index (χ0v) is 15.6. The fourth-order valence-corrected chi connectivity index (χ4v) is 2.47. The molecular formula is C21H20N4O3. The molecule has 28 heavy (non-hydrogen) atoms. The van der Waals surface area contributed by atoms with Crippen molar-refractivity contribution >= 4 is 23.2 Å². The Hall–Kier alpha value is -3.74. The van der Waals surface area contributed by atoms with Crippen molar-refractivity contribution in [2.24, 2.45) is 0 Å². The summed E-state index contributed by atoms with van der Waals surface area (Å²) in [5.74, 6) is 0.972. The molecule has 3 aromatic rings. The van der Waals surface area contributed by atoms with Crippen molar-refractivity contribution in [1.29, 1.82) is 0 Å². The standard InChI is InChI=1S/C21H20N4O3/c1-14(26)16-5-7-17(8-6-16)23-21(27)19-11-12-20(25-24-19)22-13-15-3-9-18(28-2)10-4-15/h3-12H,13H2,1-2H3,(H,22,25)(H,23,27). The number of rotatable bonds is 7. The third kappa shape index (κ3) is 4.91. The smallest absolute Gasteiger partial charge is 0.276 e. The normalized spacial score (nSPS) is 10.2. The highest BCUT2D eigenvalue weighted by atomic mass is 16.5. The number of methoxy groups -OCH3 is 1. The van der Waals surface area contributed by atoms with Crippen molar-refractivity contribution in [3.05, 3.63) is 77.5 Å². The number of carbonyl (C=O) groups is 2. The quantitative estimate of drug-likeness (QED) is 0.613. The van der Waals surface area contributed by atoms with Crippen LogP contribution in [0.2, 0.25) is 0 Å². The van der Waals surface area contributed by atoms with Crippen molar-refractivity contribution in [3.63, 3.8) is 0 Å². The number of ether oxygens (including phenoxy) is 1. The van der Waals surface area contributed by atoms with Crippen LogP contribution in [0, 0.1) is 0 Å². The van der Waals surface area contributed by atoms with Crippen LogP contribution in [0.3, 0.4) is 0 Å². The van der Waals surface area contributed by atoms with Crippen LogP contribution in [0.4, 0.5) is 11.5 Å². The SMILES string of the molecule is COc1ccc(CNc2ccc(C(=O)Nc3ccc(C(C)=O)cc3)nn2)cc1. The van der Waals surface area contributed by atoms with Gasteiger partial charge in [-0.05, 0) is 61.0 Å². The summed E-state index contributed by atoms with van der Waals surface area (Å²) in [5.41, 5.74) is 2.44. The van der Waals surface area contributed by atoms with Crippen molar-refractivity contribution in [3.8, 4) is 5.75 Å². The Morgan fingerprint density at radius 1 is 0.929 bits per heavy atom. The van der Waals surface area contributed by atoms with Gasteiger partial charge in [0.05, 0.1) is 7.11 Å². The van der Waals surface area contributed by atoms with Gasteiger partial charge in [0.15, 0.2) is 11.5 Å². The molecule has 0 atom stereocenters. The second kappa shape index (κ2) is 8.77. The van der Waals surface area contributed by atoms with Gasteiger partial charge in [0, 0.05) is 17.8 Å². The summed E-state index contributed by atoms with van der Waals surface area (Å²) >= 11 is 0. The Morgan fingerprint density at radius 3 is 2.21 bits per heavy atom. The van der Waals surface area contributed by atoms with Crippen molar-refractivity contribution in [2.75, 3.05) is 17.7 Å². The van der Waals surface area contributed by atoms with Gasteiger partial charge in [-0.2, -0.15) is 0 Å². The lowest BCUT2D eigenvalue weighted by atomic mass is 10.1. The van der Waals surface area contributed by atoms with Gasteiger partial charge in [0.1, 0.15) is 11.6 Å². The van der Waals surface area contributed by atoms with E-state index in [-0.39, 0.29) is 17.4 Å². The van der Waals surface area contributed by atoms with E-state index in [1.807, 2.05) is 24.3 Å². The number of anilines is 2. The van der Waals surface area contributed by atoms with Crippen molar-refractivity contribution < 1.29 is 14.3 Å². The fourth-order valence-electron chi connectivity index (χ4n) is 2.47. The number of hydrogen-bond acceptors (Lipinski definition) is 6. The molecule has 0 aliphatic carbocycles. The van der Waals surface area contributed by atoms with Crippen molar-refractivity contribution in [1.82, 2.24) is 10.2 Å². The Balaban J connectivity index is 1.56. The molecule has 0 spiro atoms. The maximum atomic E-state index is 12.3. The Morgan fingerprint density at radius 2 is 1.64 bits per heavy atom. The number of hydrogen-bond donors (Lipinski definition) is 2. The molecule has 2 N–H and O–H groups in total. The number of Topliss-reactive ketones (excluding diaryl/α,β-unsaturated/α-hetero) is 1. The lowest BCUT2D eigenvalue weighted by molar-refractivity contribution is 0.101. The fraction of sp³-hybridized carbons (Fsp3) is 0.143. The molecule has 0 saturated carbocycles. The first-order valence-corrected chi connectivity index (χ1v) is 8.68. The highest BCUT2D eigenvalue weighted by Gasteiger charge is 2.09. The van der Waals surface area contributed by atoms with E-state index >= 15 is 0 Å². The minimum Gasteiger partial charge on any atom is -0.497 e. The summed E-state index contributed by atoms with van der Waals surface area (Å²) in [6.07, 6.45) is 0. The maximum absolute atomic E-state index is 12.3. The van der Waals surface area contributed by atoms with Gasteiger partial charge in [-0.15, -0.1) is 10.2 Å². The number of aromatic nitrogens is 2. The van der Waals surface area contributed by atoms with Crippen LogP contribution in [0.25, 0.3) is 0 Å². The highest BCUT2D eigenvalue weighted by Crippen LogP contribution is 2.14. The van der Waals surface area contributed by atoms with E-state index in [1.54, 1.807) is 43.5 Å². The molecule has 0 saturated heterocycles. The molecule has 0 unspecified atom stereocenters. The summed E-state index contributed by atoms with van der Waals surface area (Å²) in [6.45, 7) is 2.07. The largest absolute Gasteiger partial charge is 0.497 e. The van der Waals surface area contributed by atoms with Crippen LogP contribution in [-0.4, -0.2) is 29.0 Å². The van der Waals surface area contributed by atoms with E-state index in [0.29, 0.717) is 23.6 Å². The molecule has 0 aliphatic heterocycles. The molecule has 1 aromatic heterocycles. The van der Waals surface area contributed by atoms with Crippen LogP contribution >= 0.6 is 0 Å². The third-order valence-electron chi connectivity index (χ3n) is 4.08. The van der Waals surface area contributed by atoms with Crippen LogP contribution in [0.5, 0.6) is 5.75 Å². The number of nitrogens with zero attached hydrogens (tertiary/aromatic N) is 2. The Kier molecular flexibility index (Phi) is 5.96. The number of amides is 1. The first-order chi connectivity index (χ1) is 13.5. The third-order valence-corrected chi connectivity index (χ3v) is 4.08. The lowest BCUT2D eigenvalue weighted by Gasteiger charge is -2.07. The zero-order valence-electron chi connectivity index (χ0n) is 15.6. The molecule has 7 heteroatoms. The van der Waals surface area contributed by atoms with E-state index < -0.39 is 0 Å². The summed E-state index contributed by atoms with van der Waals surface area (Å²) in [7, 11) is 1.63. The molecule has 0 fully saturated rings. The molecule has 0 aliphatic rings. The predicted molar refractivity (Wildman–Crippen MR) is 107 cm³/mol. The molecule has 1 amide bonds. The average molecular weight is 376 g/mol. The number of ketones is 1. The summed E-state index contributed by atoms with van der Waals surface area (Å²) in [4.78, 5) is 23.6. The van der Waals surface area contributed by atoms with E-state index in [2.05, 4.69) is 20.8 Å². The number of carbonyl (C=O) groups excluding carboxylic acids is 2. The number of benzene rings is 2. The molecule has 142 valence electrons. The minimum atomic E-state index is -0.371. The highest BCUT2D eigenvalue weighted by molar-refractivity contribution is 6.03. The van der Waals surface area contributed by atoms with Gasteiger partial charge < -0.3 is 15.4 Å². The molecule has 0 bridgehead atoms. The summed E-state index contributed by atoms with van der Waals surface area (Å²) in [6, 6.07) is 17.7. The van der Waals surface area contributed by atoms with Gasteiger partial charge in [0.2, 0.25) is 0 Å². The minimum absolute atomic E-state index is 0.0264. The van der Waals surface area contributed by atoms with Crippen LogP contribution in [0.1, 0.15) is 33.3 Å². The Labute approximate surface area is 162 Å². The van der Waals surface area contributed by atoms with E-state index in [1.165, 1.54) is 6.92 Å². The van der Waals surface area contributed by atoms with Crippen molar-refractivity contribution in [2.45, 2.75) is 13.5 Å². The van der Waals surface area contributed by atoms with E-state index in [4.69, 9.17) is 4.74 Å². The first kappa shape index (κ1) is 19.0. The first-order valence-electron chi connectivity index (χ1n) is 8.68. The lowest BCUT2D eigenvalue weighted by Crippen LogP contribution is -2.15. The Bertz CT molecular complexity index is 952. The van der Waals surface area contributed by atoms with Crippen LogP contribution in [0.15, 0.2) is 60.7 Å².